The van der Waals surface area contributed by atoms with E-state index in [0.717, 1.165) is 25.3 Å². The predicted molar refractivity (Wildman–Crippen MR) is 56.7 cm³/mol. The molecule has 15 heavy (non-hydrogen) atoms. The summed E-state index contributed by atoms with van der Waals surface area (Å²) in [4.78, 5) is 0. The summed E-state index contributed by atoms with van der Waals surface area (Å²) in [6, 6.07) is 4.41. The fraction of sp³-hybridized carbons (Fsp3) is 0.385. The summed E-state index contributed by atoms with van der Waals surface area (Å²) in [6.07, 6.45) is 6.99. The molecule has 1 atom stereocenters. The second-order valence-electron chi connectivity index (χ2n) is 4.31. The quantitative estimate of drug-likeness (QED) is 0.613. The Morgan fingerprint density at radius 2 is 2.07 bits per heavy atom. The molecule has 0 nitrogen and oxygen atoms in total. The summed E-state index contributed by atoms with van der Waals surface area (Å²) in [5.74, 6) is -1.46. The lowest BCUT2D eigenvalue weighted by Gasteiger charge is -2.29. The number of benzene rings is 1. The average molecular weight is 208 g/mol. The van der Waals surface area contributed by atoms with Crippen molar-refractivity contribution in [3.8, 4) is 0 Å². The maximum atomic E-state index is 13.6. The minimum atomic E-state index is -0.757. The Kier molecular flexibility index (Phi) is 2.59. The van der Waals surface area contributed by atoms with Crippen molar-refractivity contribution >= 4 is 0 Å². The average Bonchev–Trinajstić information content (AvgIpc) is 2.23. The fourth-order valence-electron chi connectivity index (χ4n) is 2.18. The largest absolute Gasteiger partial charge is 0.204 e. The van der Waals surface area contributed by atoms with Gasteiger partial charge in [0.15, 0.2) is 11.6 Å². The normalized spacial score (nSPS) is 25.5. The number of halogens is 2. The lowest BCUT2D eigenvalue weighted by Crippen LogP contribution is -2.23. The van der Waals surface area contributed by atoms with E-state index in [9.17, 15) is 8.78 Å². The van der Waals surface area contributed by atoms with Gasteiger partial charge in [-0.05, 0) is 25.3 Å². The summed E-state index contributed by atoms with van der Waals surface area (Å²) >= 11 is 0. The Balaban J connectivity index is 2.48. The van der Waals surface area contributed by atoms with E-state index in [1.54, 1.807) is 12.1 Å². The number of hydrogen-bond acceptors (Lipinski definition) is 0. The van der Waals surface area contributed by atoms with Crippen LogP contribution in [0.15, 0.2) is 30.4 Å². The van der Waals surface area contributed by atoms with E-state index in [4.69, 9.17) is 0 Å². The van der Waals surface area contributed by atoms with Crippen molar-refractivity contribution in [1.82, 2.24) is 0 Å². The molecule has 0 fully saturated rings. The first-order valence-electron chi connectivity index (χ1n) is 5.26. The van der Waals surface area contributed by atoms with Crippen molar-refractivity contribution in [1.29, 1.82) is 0 Å². The van der Waals surface area contributed by atoms with Crippen molar-refractivity contribution in [2.45, 2.75) is 31.6 Å². The maximum absolute atomic E-state index is 13.6. The molecule has 0 heterocycles. The molecule has 0 aromatic heterocycles. The molecule has 0 radical (unpaired) electrons. The van der Waals surface area contributed by atoms with Crippen LogP contribution < -0.4 is 0 Å². The molecule has 2 rings (SSSR count). The monoisotopic (exact) mass is 208 g/mol. The first-order valence-corrected chi connectivity index (χ1v) is 5.26. The van der Waals surface area contributed by atoms with E-state index in [2.05, 4.69) is 0 Å². The zero-order valence-electron chi connectivity index (χ0n) is 8.76. The molecule has 0 spiro atoms. The zero-order chi connectivity index (χ0) is 10.9. The second-order valence-corrected chi connectivity index (χ2v) is 4.31. The first kappa shape index (κ1) is 10.3. The Morgan fingerprint density at radius 3 is 2.73 bits per heavy atom. The van der Waals surface area contributed by atoms with E-state index in [1.807, 2.05) is 19.1 Å². The lowest BCUT2D eigenvalue weighted by molar-refractivity contribution is 0.439. The number of hydrogen-bond donors (Lipinski definition) is 0. The van der Waals surface area contributed by atoms with Crippen LogP contribution in [0.1, 0.15) is 31.7 Å². The smallest absolute Gasteiger partial charge is 0.162 e. The molecule has 1 aromatic rings. The Morgan fingerprint density at radius 1 is 1.27 bits per heavy atom. The first-order chi connectivity index (χ1) is 7.13. The standard InChI is InChI=1S/C13H14F2/c1-13(8-3-2-4-9-13)10-6-5-7-11(14)12(10)15/h3,5-8H,2,4,9H2,1H3/t13-/m0/s1. The highest BCUT2D eigenvalue weighted by molar-refractivity contribution is 5.32. The molecule has 1 aliphatic rings. The van der Waals surface area contributed by atoms with E-state index < -0.39 is 11.6 Å². The van der Waals surface area contributed by atoms with E-state index in [0.29, 0.717) is 5.56 Å². The van der Waals surface area contributed by atoms with Crippen molar-refractivity contribution in [2.75, 3.05) is 0 Å². The van der Waals surface area contributed by atoms with Gasteiger partial charge in [0.25, 0.3) is 0 Å². The van der Waals surface area contributed by atoms with Gasteiger partial charge in [-0.15, -0.1) is 0 Å². The molecule has 0 N–H and O–H groups in total. The molecule has 0 bridgehead atoms. The van der Waals surface area contributed by atoms with Gasteiger partial charge in [0.05, 0.1) is 0 Å². The van der Waals surface area contributed by atoms with Gasteiger partial charge in [0, 0.05) is 11.0 Å². The molecule has 0 amide bonds. The van der Waals surface area contributed by atoms with Crippen LogP contribution in [0.3, 0.4) is 0 Å². The molecule has 0 saturated heterocycles. The Bertz CT molecular complexity index is 396. The van der Waals surface area contributed by atoms with Gasteiger partial charge < -0.3 is 0 Å². The summed E-state index contributed by atoms with van der Waals surface area (Å²) in [6.45, 7) is 1.96. The Hall–Kier alpha value is -1.18. The van der Waals surface area contributed by atoms with E-state index in [-0.39, 0.29) is 5.41 Å². The molecular formula is C13H14F2. The van der Waals surface area contributed by atoms with Crippen LogP contribution in [0, 0.1) is 11.6 Å². The third-order valence-corrected chi connectivity index (χ3v) is 3.12. The number of allylic oxidation sites excluding steroid dienone is 2. The SMILES string of the molecule is C[C@]1(c2cccc(F)c2F)C=CCCC1. The maximum Gasteiger partial charge on any atom is 0.162 e. The van der Waals surface area contributed by atoms with Crippen molar-refractivity contribution in [3.05, 3.63) is 47.5 Å². The molecule has 80 valence electrons. The van der Waals surface area contributed by atoms with Crippen LogP contribution >= 0.6 is 0 Å². The second kappa shape index (κ2) is 3.76. The molecule has 0 aliphatic heterocycles. The molecule has 2 heteroatoms. The van der Waals surface area contributed by atoms with Crippen LogP contribution in [0.2, 0.25) is 0 Å². The lowest BCUT2D eigenvalue weighted by atomic mass is 9.75. The van der Waals surface area contributed by atoms with Crippen LogP contribution in [-0.4, -0.2) is 0 Å². The van der Waals surface area contributed by atoms with Gasteiger partial charge in [0.1, 0.15) is 0 Å². The summed E-state index contributed by atoms with van der Waals surface area (Å²) in [5, 5.41) is 0. The molecular weight excluding hydrogens is 194 g/mol. The minimum Gasteiger partial charge on any atom is -0.204 e. The summed E-state index contributed by atoms with van der Waals surface area (Å²) in [7, 11) is 0. The number of rotatable bonds is 1. The predicted octanol–water partition coefficient (Wildman–Crippen LogP) is 3.96. The van der Waals surface area contributed by atoms with E-state index in [1.165, 1.54) is 0 Å². The third-order valence-electron chi connectivity index (χ3n) is 3.12. The van der Waals surface area contributed by atoms with Gasteiger partial charge in [-0.1, -0.05) is 31.2 Å². The van der Waals surface area contributed by atoms with Gasteiger partial charge >= 0.3 is 0 Å². The molecule has 0 saturated carbocycles. The van der Waals surface area contributed by atoms with Gasteiger partial charge in [-0.25, -0.2) is 8.78 Å². The van der Waals surface area contributed by atoms with E-state index >= 15 is 0 Å². The topological polar surface area (TPSA) is 0 Å². The minimum absolute atomic E-state index is 0.343. The van der Waals surface area contributed by atoms with Crippen LogP contribution in [0.4, 0.5) is 8.78 Å². The van der Waals surface area contributed by atoms with Crippen molar-refractivity contribution in [3.63, 3.8) is 0 Å². The zero-order valence-corrected chi connectivity index (χ0v) is 8.76. The summed E-state index contributed by atoms with van der Waals surface area (Å²) in [5.41, 5.74) is 0.128. The van der Waals surface area contributed by atoms with Crippen molar-refractivity contribution in [2.24, 2.45) is 0 Å². The molecule has 1 aromatic carbocycles. The molecule has 0 unspecified atom stereocenters. The van der Waals surface area contributed by atoms with Gasteiger partial charge in [-0.2, -0.15) is 0 Å². The van der Waals surface area contributed by atoms with Crippen LogP contribution in [0.25, 0.3) is 0 Å². The van der Waals surface area contributed by atoms with Crippen molar-refractivity contribution < 1.29 is 8.78 Å². The van der Waals surface area contributed by atoms with Crippen LogP contribution in [-0.2, 0) is 5.41 Å². The van der Waals surface area contributed by atoms with Gasteiger partial charge in [0.2, 0.25) is 0 Å². The fourth-order valence-corrected chi connectivity index (χ4v) is 2.18. The van der Waals surface area contributed by atoms with Gasteiger partial charge in [-0.3, -0.25) is 0 Å². The highest BCUT2D eigenvalue weighted by Crippen LogP contribution is 2.36. The third kappa shape index (κ3) is 1.81. The molecule has 1 aliphatic carbocycles. The Labute approximate surface area is 88.6 Å². The summed E-state index contributed by atoms with van der Waals surface area (Å²) < 4.78 is 26.7. The highest BCUT2D eigenvalue weighted by atomic mass is 19.2. The van der Waals surface area contributed by atoms with Crippen LogP contribution in [0.5, 0.6) is 0 Å². The highest BCUT2D eigenvalue weighted by Gasteiger charge is 2.28.